The molecular formula is C25H28BrN7. The van der Waals surface area contributed by atoms with Crippen molar-refractivity contribution in [3.63, 3.8) is 0 Å². The Bertz CT molecular complexity index is 1210. The van der Waals surface area contributed by atoms with E-state index in [1.165, 1.54) is 16.8 Å². The Morgan fingerprint density at radius 2 is 1.85 bits per heavy atom. The number of para-hydroxylation sites is 2. The van der Waals surface area contributed by atoms with E-state index in [1.807, 2.05) is 42.6 Å². The first kappa shape index (κ1) is 22.9. The van der Waals surface area contributed by atoms with Gasteiger partial charge in [0.05, 0.1) is 35.0 Å². The number of aryl methyl sites for hydroxylation is 1. The van der Waals surface area contributed by atoms with Crippen LogP contribution in [0.5, 0.6) is 0 Å². The minimum atomic E-state index is 0. The predicted molar refractivity (Wildman–Crippen MR) is 137 cm³/mol. The number of nitrogens with one attached hydrogen (secondary N) is 1. The summed E-state index contributed by atoms with van der Waals surface area (Å²) >= 11 is 0. The lowest BCUT2D eigenvalue weighted by Crippen LogP contribution is -2.31. The maximum atomic E-state index is 5.51. The number of H-pyrrole nitrogens is 1. The highest BCUT2D eigenvalue weighted by Gasteiger charge is 2.28. The predicted octanol–water partition coefficient (Wildman–Crippen LogP) is 4.52. The first-order valence-corrected chi connectivity index (χ1v) is 11.0. The summed E-state index contributed by atoms with van der Waals surface area (Å²) in [5.41, 5.74) is 17.5. The van der Waals surface area contributed by atoms with Gasteiger partial charge in [0.1, 0.15) is 5.82 Å². The number of halogens is 1. The molecule has 8 heteroatoms. The molecule has 7 nitrogen and oxygen atoms in total. The van der Waals surface area contributed by atoms with Crippen molar-refractivity contribution in [3.8, 4) is 0 Å². The van der Waals surface area contributed by atoms with Crippen molar-refractivity contribution >= 4 is 39.7 Å². The first-order valence-electron chi connectivity index (χ1n) is 11.0. The molecule has 5 rings (SSSR count). The molecule has 1 aliphatic rings. The highest BCUT2D eigenvalue weighted by molar-refractivity contribution is 8.93. The second kappa shape index (κ2) is 10.1. The number of hydrogen-bond donors (Lipinski definition) is 3. The quantitative estimate of drug-likeness (QED) is 0.263. The molecule has 1 unspecified atom stereocenters. The lowest BCUT2D eigenvalue weighted by atomic mass is 9.90. The molecule has 0 spiro atoms. The fourth-order valence-electron chi connectivity index (χ4n) is 4.55. The number of pyridine rings is 1. The molecule has 0 bridgehead atoms. The van der Waals surface area contributed by atoms with E-state index in [1.54, 1.807) is 0 Å². The van der Waals surface area contributed by atoms with Crippen LogP contribution >= 0.6 is 17.0 Å². The number of nitrogens with two attached hydrogens (primary N) is 2. The molecule has 2 aromatic heterocycles. The van der Waals surface area contributed by atoms with Gasteiger partial charge >= 0.3 is 0 Å². The molecule has 0 aliphatic heterocycles. The van der Waals surface area contributed by atoms with E-state index in [4.69, 9.17) is 21.4 Å². The van der Waals surface area contributed by atoms with Gasteiger partial charge in [-0.1, -0.05) is 30.3 Å². The van der Waals surface area contributed by atoms with E-state index < -0.39 is 0 Å². The fourth-order valence-corrected chi connectivity index (χ4v) is 4.55. The van der Waals surface area contributed by atoms with Crippen molar-refractivity contribution < 1.29 is 0 Å². The smallest absolute Gasteiger partial charge is 0.191 e. The van der Waals surface area contributed by atoms with Gasteiger partial charge in [-0.25, -0.2) is 9.98 Å². The fraction of sp³-hybridized carbons (Fsp3) is 0.240. The van der Waals surface area contributed by atoms with Crippen molar-refractivity contribution in [2.24, 2.45) is 16.5 Å². The van der Waals surface area contributed by atoms with Crippen LogP contribution in [0.15, 0.2) is 71.9 Å². The third-order valence-electron chi connectivity index (χ3n) is 5.98. The number of guanidine groups is 1. The molecule has 0 fully saturated rings. The zero-order valence-corrected chi connectivity index (χ0v) is 20.0. The van der Waals surface area contributed by atoms with Crippen LogP contribution in [-0.2, 0) is 19.5 Å². The van der Waals surface area contributed by atoms with E-state index in [0.717, 1.165) is 48.4 Å². The number of aliphatic imine (C=N–C) groups is 1. The molecule has 170 valence electrons. The lowest BCUT2D eigenvalue weighted by molar-refractivity contribution is 0.153. The highest BCUT2D eigenvalue weighted by atomic mass is 79.9. The summed E-state index contributed by atoms with van der Waals surface area (Å²) in [6.07, 6.45) is 5.23. The molecule has 2 aromatic carbocycles. The van der Waals surface area contributed by atoms with Crippen LogP contribution in [-0.4, -0.2) is 25.8 Å². The Labute approximate surface area is 203 Å². The normalized spacial score (nSPS) is 15.1. The number of hydrogen-bond acceptors (Lipinski definition) is 4. The monoisotopic (exact) mass is 505 g/mol. The van der Waals surface area contributed by atoms with Crippen molar-refractivity contribution in [1.82, 2.24) is 19.9 Å². The van der Waals surface area contributed by atoms with E-state index >= 15 is 0 Å². The van der Waals surface area contributed by atoms with Crippen LogP contribution in [0.4, 0.5) is 5.69 Å². The summed E-state index contributed by atoms with van der Waals surface area (Å²) in [6.45, 7) is 1.49. The molecule has 1 atom stereocenters. The zero-order valence-electron chi connectivity index (χ0n) is 18.3. The summed E-state index contributed by atoms with van der Waals surface area (Å²) in [5, 5.41) is 0. The van der Waals surface area contributed by atoms with Crippen molar-refractivity contribution in [3.05, 3.63) is 89.5 Å². The number of benzene rings is 2. The van der Waals surface area contributed by atoms with Crippen molar-refractivity contribution in [2.75, 3.05) is 0 Å². The number of rotatable bonds is 6. The molecule has 0 radical (unpaired) electrons. The van der Waals surface area contributed by atoms with E-state index in [2.05, 4.69) is 39.1 Å². The lowest BCUT2D eigenvalue weighted by Gasteiger charge is -2.34. The molecule has 33 heavy (non-hydrogen) atoms. The number of aromatic amines is 1. The molecular weight excluding hydrogens is 478 g/mol. The minimum absolute atomic E-state index is 0. The molecule has 2 heterocycles. The van der Waals surface area contributed by atoms with Gasteiger partial charge in [-0.3, -0.25) is 9.88 Å². The number of nitrogens with zero attached hydrogens (tertiary/aromatic N) is 4. The number of aromatic nitrogens is 3. The van der Waals surface area contributed by atoms with Gasteiger partial charge in [-0.2, -0.15) is 0 Å². The van der Waals surface area contributed by atoms with Crippen molar-refractivity contribution in [1.29, 1.82) is 0 Å². The number of imidazole rings is 1. The summed E-state index contributed by atoms with van der Waals surface area (Å²) in [5.74, 6) is 1.03. The van der Waals surface area contributed by atoms with Gasteiger partial charge < -0.3 is 16.5 Å². The largest absolute Gasteiger partial charge is 0.370 e. The van der Waals surface area contributed by atoms with Crippen LogP contribution in [0.1, 0.15) is 41.5 Å². The van der Waals surface area contributed by atoms with E-state index in [0.29, 0.717) is 6.54 Å². The first-order chi connectivity index (χ1) is 15.7. The standard InChI is InChI=1S/C25H27N7.BrH/c26-25(27)29-19-12-10-17(11-13-19)15-32(16-23-30-20-7-1-2-8-21(20)31-23)22-9-3-5-18-6-4-14-28-24(18)22;/h1-2,4,6-8,10-14,22H,3,5,9,15-16H2,(H,30,31)(H4,26,27,29);1H. The average molecular weight is 506 g/mol. The molecule has 4 aromatic rings. The second-order valence-electron chi connectivity index (χ2n) is 8.26. The Morgan fingerprint density at radius 3 is 2.64 bits per heavy atom. The summed E-state index contributed by atoms with van der Waals surface area (Å²) in [7, 11) is 0. The highest BCUT2D eigenvalue weighted by Crippen LogP contribution is 2.34. The Balaban J connectivity index is 0.00000259. The van der Waals surface area contributed by atoms with Crippen LogP contribution in [0.25, 0.3) is 11.0 Å². The maximum Gasteiger partial charge on any atom is 0.191 e. The van der Waals surface area contributed by atoms with E-state index in [-0.39, 0.29) is 29.0 Å². The molecule has 1 aliphatic carbocycles. The molecule has 0 saturated carbocycles. The van der Waals surface area contributed by atoms with Gasteiger partial charge in [0.25, 0.3) is 0 Å². The third kappa shape index (κ3) is 5.23. The van der Waals surface area contributed by atoms with Gasteiger partial charge in [0.15, 0.2) is 5.96 Å². The van der Waals surface area contributed by atoms with Gasteiger partial charge in [0.2, 0.25) is 0 Å². The molecule has 5 N–H and O–H groups in total. The number of fused-ring (bicyclic) bond motifs is 2. The summed E-state index contributed by atoms with van der Waals surface area (Å²) < 4.78 is 0. The molecule has 0 amide bonds. The average Bonchev–Trinajstić information content (AvgIpc) is 3.22. The Morgan fingerprint density at radius 1 is 1.03 bits per heavy atom. The Kier molecular flexibility index (Phi) is 7.05. The third-order valence-corrected chi connectivity index (χ3v) is 5.98. The van der Waals surface area contributed by atoms with Crippen LogP contribution in [0.2, 0.25) is 0 Å². The van der Waals surface area contributed by atoms with E-state index in [9.17, 15) is 0 Å². The topological polar surface area (TPSA) is 109 Å². The minimum Gasteiger partial charge on any atom is -0.370 e. The maximum absolute atomic E-state index is 5.51. The Hall–Kier alpha value is -3.23. The van der Waals surface area contributed by atoms with Gasteiger partial charge in [-0.15, -0.1) is 17.0 Å². The second-order valence-corrected chi connectivity index (χ2v) is 8.26. The molecule has 0 saturated heterocycles. The van der Waals surface area contributed by atoms with Crippen LogP contribution in [0.3, 0.4) is 0 Å². The SMILES string of the molecule is Br.NC(N)=Nc1ccc(CN(Cc2nc3ccccc3[nH]2)C2CCCc3cccnc32)cc1. The summed E-state index contributed by atoms with van der Waals surface area (Å²) in [6, 6.07) is 20.7. The zero-order chi connectivity index (χ0) is 21.9. The van der Waals surface area contributed by atoms with Gasteiger partial charge in [0, 0.05) is 12.7 Å². The van der Waals surface area contributed by atoms with Crippen LogP contribution < -0.4 is 11.5 Å². The van der Waals surface area contributed by atoms with Crippen molar-refractivity contribution in [2.45, 2.75) is 38.4 Å². The summed E-state index contributed by atoms with van der Waals surface area (Å²) in [4.78, 5) is 19.7. The van der Waals surface area contributed by atoms with Crippen LogP contribution in [0, 0.1) is 0 Å². The van der Waals surface area contributed by atoms with Gasteiger partial charge in [-0.05, 0) is 60.7 Å².